The first kappa shape index (κ1) is 15.9. The number of nitrogens with one attached hydrogen (secondary N) is 1. The third-order valence-electron chi connectivity index (χ3n) is 3.86. The van der Waals surface area contributed by atoms with Crippen LogP contribution in [0.2, 0.25) is 0 Å². The van der Waals surface area contributed by atoms with E-state index in [1.807, 2.05) is 6.92 Å². The van der Waals surface area contributed by atoms with Crippen LogP contribution in [0.25, 0.3) is 0 Å². The fourth-order valence-electron chi connectivity index (χ4n) is 2.54. The number of sulfonamides is 1. The second kappa shape index (κ2) is 6.55. The third-order valence-corrected chi connectivity index (χ3v) is 5.27. The third kappa shape index (κ3) is 3.61. The van der Waals surface area contributed by atoms with Gasteiger partial charge in [0, 0.05) is 6.54 Å². The van der Waals surface area contributed by atoms with Crippen LogP contribution in [0, 0.1) is 5.92 Å². The van der Waals surface area contributed by atoms with E-state index in [2.05, 4.69) is 4.72 Å². The molecule has 1 saturated heterocycles. The lowest BCUT2D eigenvalue weighted by atomic mass is 10.0. The predicted molar refractivity (Wildman–Crippen MR) is 78.0 cm³/mol. The summed E-state index contributed by atoms with van der Waals surface area (Å²) in [4.78, 5) is 13.8. The number of benzene rings is 1. The van der Waals surface area contributed by atoms with Gasteiger partial charge < -0.3 is 10.0 Å². The summed E-state index contributed by atoms with van der Waals surface area (Å²) in [6, 6.07) is 7.70. The van der Waals surface area contributed by atoms with Gasteiger partial charge in [0.05, 0.1) is 24.1 Å². The fourth-order valence-corrected chi connectivity index (χ4v) is 3.53. The molecular formula is C14H20N2O4S. The Morgan fingerprint density at radius 1 is 1.38 bits per heavy atom. The first-order chi connectivity index (χ1) is 9.95. The molecule has 1 fully saturated rings. The maximum Gasteiger partial charge on any atom is 0.241 e. The van der Waals surface area contributed by atoms with Gasteiger partial charge in [-0.3, -0.25) is 4.79 Å². The highest BCUT2D eigenvalue weighted by atomic mass is 32.2. The Morgan fingerprint density at radius 2 is 2.05 bits per heavy atom. The lowest BCUT2D eigenvalue weighted by molar-refractivity contribution is -0.131. The lowest BCUT2D eigenvalue weighted by Gasteiger charge is -2.25. The summed E-state index contributed by atoms with van der Waals surface area (Å²) in [6.45, 7) is 2.14. The van der Waals surface area contributed by atoms with Crippen molar-refractivity contribution in [2.75, 3.05) is 19.7 Å². The first-order valence-electron chi connectivity index (χ1n) is 6.90. The van der Waals surface area contributed by atoms with Crippen molar-refractivity contribution in [2.45, 2.75) is 24.3 Å². The zero-order valence-corrected chi connectivity index (χ0v) is 12.7. The molecule has 1 amide bonds. The van der Waals surface area contributed by atoms with E-state index in [4.69, 9.17) is 0 Å². The van der Waals surface area contributed by atoms with Gasteiger partial charge in [-0.1, -0.05) is 25.1 Å². The van der Waals surface area contributed by atoms with Gasteiger partial charge in [-0.05, 0) is 24.5 Å². The van der Waals surface area contributed by atoms with Crippen molar-refractivity contribution in [3.63, 3.8) is 0 Å². The maximum atomic E-state index is 12.1. The van der Waals surface area contributed by atoms with Gasteiger partial charge in [0.2, 0.25) is 15.9 Å². The van der Waals surface area contributed by atoms with Gasteiger partial charge in [0.1, 0.15) is 0 Å². The number of likely N-dealkylation sites (tertiary alicyclic amines) is 1. The van der Waals surface area contributed by atoms with Crippen molar-refractivity contribution >= 4 is 15.9 Å². The fraction of sp³-hybridized carbons (Fsp3) is 0.500. The molecule has 0 saturated carbocycles. The number of rotatable bonds is 5. The molecule has 1 aliphatic heterocycles. The first-order valence-corrected chi connectivity index (χ1v) is 8.39. The number of hydrogen-bond donors (Lipinski definition) is 2. The van der Waals surface area contributed by atoms with Gasteiger partial charge >= 0.3 is 0 Å². The number of nitrogens with zero attached hydrogens (tertiary/aromatic N) is 1. The number of carbonyl (C=O) groups excluding carboxylic acids is 1. The van der Waals surface area contributed by atoms with Crippen LogP contribution in [0.3, 0.4) is 0 Å². The van der Waals surface area contributed by atoms with Crippen molar-refractivity contribution in [1.29, 1.82) is 0 Å². The van der Waals surface area contributed by atoms with Crippen molar-refractivity contribution in [1.82, 2.24) is 9.62 Å². The average molecular weight is 312 g/mol. The highest BCUT2D eigenvalue weighted by molar-refractivity contribution is 7.89. The molecule has 116 valence electrons. The van der Waals surface area contributed by atoms with E-state index in [0.29, 0.717) is 6.54 Å². The van der Waals surface area contributed by atoms with Crippen LogP contribution in [0.4, 0.5) is 0 Å². The molecule has 1 heterocycles. The molecule has 1 aromatic carbocycles. The van der Waals surface area contributed by atoms with Crippen LogP contribution in [0.15, 0.2) is 35.2 Å². The Morgan fingerprint density at radius 3 is 2.67 bits per heavy atom. The Bertz CT molecular complexity index is 588. The van der Waals surface area contributed by atoms with Crippen LogP contribution < -0.4 is 4.72 Å². The van der Waals surface area contributed by atoms with Gasteiger partial charge in [-0.15, -0.1) is 0 Å². The number of aliphatic hydroxyl groups is 1. The molecule has 0 spiro atoms. The molecule has 0 bridgehead atoms. The van der Waals surface area contributed by atoms with Crippen LogP contribution in [0.1, 0.15) is 13.3 Å². The smallest absolute Gasteiger partial charge is 0.241 e. The molecule has 2 N–H and O–H groups in total. The Hall–Kier alpha value is -1.44. The molecule has 0 aromatic heterocycles. The maximum absolute atomic E-state index is 12.1. The zero-order chi connectivity index (χ0) is 15.5. The topological polar surface area (TPSA) is 86.7 Å². The van der Waals surface area contributed by atoms with Crippen molar-refractivity contribution in [3.8, 4) is 0 Å². The second-order valence-corrected chi connectivity index (χ2v) is 7.01. The van der Waals surface area contributed by atoms with E-state index >= 15 is 0 Å². The summed E-state index contributed by atoms with van der Waals surface area (Å²) < 4.78 is 26.4. The van der Waals surface area contributed by atoms with E-state index in [9.17, 15) is 18.3 Å². The van der Waals surface area contributed by atoms with E-state index in [1.54, 1.807) is 23.1 Å². The minimum absolute atomic E-state index is 0.0989. The highest BCUT2D eigenvalue weighted by Crippen LogP contribution is 2.23. The van der Waals surface area contributed by atoms with Crippen LogP contribution in [-0.4, -0.2) is 50.1 Å². The van der Waals surface area contributed by atoms with Gasteiger partial charge in [0.15, 0.2) is 0 Å². The summed E-state index contributed by atoms with van der Waals surface area (Å²) in [5, 5.41) is 9.33. The van der Waals surface area contributed by atoms with E-state index in [1.165, 1.54) is 12.1 Å². The standard InChI is InChI=1S/C14H20N2O4S/c1-11-7-8-16(13(11)10-17)14(18)9-15-21(19,20)12-5-3-2-4-6-12/h2-6,11,13,15,17H,7-10H2,1H3. The van der Waals surface area contributed by atoms with E-state index in [0.717, 1.165) is 6.42 Å². The van der Waals surface area contributed by atoms with Crippen molar-refractivity contribution in [3.05, 3.63) is 30.3 Å². The van der Waals surface area contributed by atoms with Crippen LogP contribution in [-0.2, 0) is 14.8 Å². The number of amides is 1. The number of hydrogen-bond acceptors (Lipinski definition) is 4. The number of carbonyl (C=O) groups is 1. The Kier molecular flexibility index (Phi) is 4.97. The summed E-state index contributed by atoms with van der Waals surface area (Å²) in [5.74, 6) is -0.0809. The second-order valence-electron chi connectivity index (χ2n) is 5.24. The molecule has 2 atom stereocenters. The molecule has 7 heteroatoms. The van der Waals surface area contributed by atoms with Crippen molar-refractivity contribution < 1.29 is 18.3 Å². The average Bonchev–Trinajstić information content (AvgIpc) is 2.86. The molecule has 2 rings (SSSR count). The van der Waals surface area contributed by atoms with E-state index in [-0.39, 0.29) is 35.9 Å². The quantitative estimate of drug-likeness (QED) is 0.813. The largest absolute Gasteiger partial charge is 0.394 e. The molecule has 6 nitrogen and oxygen atoms in total. The van der Waals surface area contributed by atoms with Gasteiger partial charge in [-0.25, -0.2) is 13.1 Å². The normalized spacial score (nSPS) is 22.5. The molecule has 1 aliphatic rings. The van der Waals surface area contributed by atoms with Crippen LogP contribution in [0.5, 0.6) is 0 Å². The lowest BCUT2D eigenvalue weighted by Crippen LogP contribution is -2.45. The zero-order valence-electron chi connectivity index (χ0n) is 11.9. The molecule has 2 unspecified atom stereocenters. The summed E-state index contributed by atoms with van der Waals surface area (Å²) >= 11 is 0. The predicted octanol–water partition coefficient (Wildman–Crippen LogP) is 0.194. The van der Waals surface area contributed by atoms with Crippen molar-refractivity contribution in [2.24, 2.45) is 5.92 Å². The van der Waals surface area contributed by atoms with E-state index < -0.39 is 10.0 Å². The molecule has 0 radical (unpaired) electrons. The SMILES string of the molecule is CC1CCN(C(=O)CNS(=O)(=O)c2ccccc2)C1CO. The van der Waals surface area contributed by atoms with Gasteiger partial charge in [0.25, 0.3) is 0 Å². The minimum Gasteiger partial charge on any atom is -0.394 e. The minimum atomic E-state index is -3.68. The highest BCUT2D eigenvalue weighted by Gasteiger charge is 2.33. The molecule has 1 aromatic rings. The van der Waals surface area contributed by atoms with Gasteiger partial charge in [-0.2, -0.15) is 0 Å². The number of aliphatic hydroxyl groups excluding tert-OH is 1. The molecule has 0 aliphatic carbocycles. The van der Waals surface area contributed by atoms with Crippen LogP contribution >= 0.6 is 0 Å². The molecule has 21 heavy (non-hydrogen) atoms. The Labute approximate surface area is 124 Å². The molecular weight excluding hydrogens is 292 g/mol. The summed E-state index contributed by atoms with van der Waals surface area (Å²) in [7, 11) is -3.68. The summed E-state index contributed by atoms with van der Waals surface area (Å²) in [6.07, 6.45) is 0.822. The monoisotopic (exact) mass is 312 g/mol. The summed E-state index contributed by atoms with van der Waals surface area (Å²) in [5.41, 5.74) is 0. The Balaban J connectivity index is 1.98.